The quantitative estimate of drug-likeness (QED) is 0.650. The lowest BCUT2D eigenvalue weighted by Crippen LogP contribution is -2.67. The topological polar surface area (TPSA) is 9.23 Å². The van der Waals surface area contributed by atoms with Gasteiger partial charge in [-0.25, -0.2) is 0 Å². The fourth-order valence-electron chi connectivity index (χ4n) is 0.829. The van der Waals surface area contributed by atoms with Gasteiger partial charge in [0.1, 0.15) is 0 Å². The van der Waals surface area contributed by atoms with E-state index >= 15 is 0 Å². The van der Waals surface area contributed by atoms with Crippen molar-refractivity contribution in [3.05, 3.63) is 0 Å². The highest BCUT2D eigenvalue weighted by Crippen LogP contribution is 2.54. The number of ether oxygens (including phenoxy) is 1. The van der Waals surface area contributed by atoms with Crippen molar-refractivity contribution in [2.24, 2.45) is 0 Å². The molecule has 0 heterocycles. The molecule has 0 spiro atoms. The van der Waals surface area contributed by atoms with Crippen LogP contribution in [-0.2, 0) is 4.74 Å². The molecular formula is C5H3F9O. The van der Waals surface area contributed by atoms with Gasteiger partial charge in [-0.2, -0.15) is 39.5 Å². The van der Waals surface area contributed by atoms with Crippen LogP contribution in [0.25, 0.3) is 0 Å². The van der Waals surface area contributed by atoms with Gasteiger partial charge in [0.15, 0.2) is 0 Å². The highest BCUT2D eigenvalue weighted by atomic mass is 19.4. The normalized spacial score (nSPS) is 15.6. The van der Waals surface area contributed by atoms with Crippen LogP contribution >= 0.6 is 0 Å². The van der Waals surface area contributed by atoms with E-state index < -0.39 is 24.1 Å². The van der Waals surface area contributed by atoms with Gasteiger partial charge >= 0.3 is 24.1 Å². The Morgan fingerprint density at radius 1 is 0.600 bits per heavy atom. The summed E-state index contributed by atoms with van der Waals surface area (Å²) in [6.07, 6.45) is -19.9. The predicted molar refractivity (Wildman–Crippen MR) is 27.9 cm³/mol. The Morgan fingerprint density at radius 2 is 0.800 bits per heavy atom. The molecule has 10 heteroatoms. The highest BCUT2D eigenvalue weighted by Gasteiger charge is 2.85. The smallest absolute Gasteiger partial charge is 0.355 e. The van der Waals surface area contributed by atoms with Crippen LogP contribution in [0.1, 0.15) is 0 Å². The first-order chi connectivity index (χ1) is 6.31. The van der Waals surface area contributed by atoms with E-state index in [1.54, 1.807) is 0 Å². The number of hydrogen-bond acceptors (Lipinski definition) is 1. The summed E-state index contributed by atoms with van der Waals surface area (Å²) in [5.74, 6) is 0. The van der Waals surface area contributed by atoms with Gasteiger partial charge in [0.25, 0.3) is 0 Å². The summed E-state index contributed by atoms with van der Waals surface area (Å²) in [7, 11) is -0.311. The minimum atomic E-state index is -6.64. The number of methoxy groups -OCH3 is 1. The van der Waals surface area contributed by atoms with Gasteiger partial charge in [0.05, 0.1) is 0 Å². The summed E-state index contributed by atoms with van der Waals surface area (Å²) in [4.78, 5) is 0. The van der Waals surface area contributed by atoms with Crippen LogP contribution in [0, 0.1) is 0 Å². The molecule has 0 radical (unpaired) electrons. The fraction of sp³-hybridized carbons (Fsp3) is 1.00. The van der Waals surface area contributed by atoms with Crippen LogP contribution in [0.5, 0.6) is 0 Å². The molecule has 0 aromatic carbocycles. The lowest BCUT2D eigenvalue weighted by Gasteiger charge is -2.36. The van der Waals surface area contributed by atoms with Crippen LogP contribution in [-0.4, -0.2) is 31.2 Å². The second kappa shape index (κ2) is 3.42. The fourth-order valence-corrected chi connectivity index (χ4v) is 0.829. The number of alkyl halides is 9. The SMILES string of the molecule is COC(C(F)(F)F)(C(F)(F)F)C(F)(F)F. The molecule has 0 aromatic heterocycles. The third kappa shape index (κ3) is 1.99. The van der Waals surface area contributed by atoms with Crippen molar-refractivity contribution in [3.63, 3.8) is 0 Å². The highest BCUT2D eigenvalue weighted by molar-refractivity contribution is 5.01. The second-order valence-electron chi connectivity index (χ2n) is 2.38. The molecule has 0 rings (SSSR count). The van der Waals surface area contributed by atoms with Gasteiger partial charge in [-0.05, 0) is 0 Å². The average Bonchev–Trinajstić information content (AvgIpc) is 1.76. The standard InChI is InChI=1S/C5H3F9O/c1-15-2(3(6,7)8,4(9,10)11)5(12,13)14/h1H3. The molecule has 0 fully saturated rings. The number of halogens is 9. The Bertz CT molecular complexity index is 184. The van der Waals surface area contributed by atoms with Gasteiger partial charge < -0.3 is 4.74 Å². The van der Waals surface area contributed by atoms with Crippen LogP contribution in [0.3, 0.4) is 0 Å². The third-order valence-electron chi connectivity index (χ3n) is 1.50. The minimum Gasteiger partial charge on any atom is -0.355 e. The molecule has 92 valence electrons. The molecule has 0 saturated heterocycles. The Labute approximate surface area is 76.8 Å². The maximum Gasteiger partial charge on any atom is 0.435 e. The van der Waals surface area contributed by atoms with Crippen molar-refractivity contribution in [2.45, 2.75) is 24.1 Å². The van der Waals surface area contributed by atoms with E-state index in [0.29, 0.717) is 0 Å². The van der Waals surface area contributed by atoms with E-state index in [4.69, 9.17) is 0 Å². The molecule has 0 aliphatic heterocycles. The molecule has 1 nitrogen and oxygen atoms in total. The van der Waals surface area contributed by atoms with Gasteiger partial charge in [-0.3, -0.25) is 0 Å². The Kier molecular flexibility index (Phi) is 3.27. The van der Waals surface area contributed by atoms with Crippen LogP contribution in [0.15, 0.2) is 0 Å². The Hall–Kier alpha value is -0.670. The van der Waals surface area contributed by atoms with E-state index in [1.165, 1.54) is 0 Å². The summed E-state index contributed by atoms with van der Waals surface area (Å²) >= 11 is 0. The number of hydrogen-bond donors (Lipinski definition) is 0. The van der Waals surface area contributed by atoms with Crippen molar-refractivity contribution in [1.29, 1.82) is 0 Å². The Balaban J connectivity index is 5.78. The van der Waals surface area contributed by atoms with E-state index in [2.05, 4.69) is 4.74 Å². The van der Waals surface area contributed by atoms with E-state index in [-0.39, 0.29) is 7.11 Å². The molecule has 0 aliphatic rings. The first-order valence-electron chi connectivity index (χ1n) is 3.06. The molecule has 0 bridgehead atoms. The molecule has 15 heavy (non-hydrogen) atoms. The van der Waals surface area contributed by atoms with Crippen LogP contribution < -0.4 is 0 Å². The number of rotatable bonds is 1. The summed E-state index contributed by atoms with van der Waals surface area (Å²) in [5, 5.41) is 0. The molecule has 0 N–H and O–H groups in total. The van der Waals surface area contributed by atoms with Crippen LogP contribution in [0.2, 0.25) is 0 Å². The molecule has 0 saturated carbocycles. The predicted octanol–water partition coefficient (Wildman–Crippen LogP) is 3.06. The van der Waals surface area contributed by atoms with E-state index in [9.17, 15) is 39.5 Å². The van der Waals surface area contributed by atoms with Gasteiger partial charge in [-0.15, -0.1) is 0 Å². The summed E-state index contributed by atoms with van der Waals surface area (Å²) < 4.78 is 109. The van der Waals surface area contributed by atoms with Gasteiger partial charge in [0.2, 0.25) is 0 Å². The maximum atomic E-state index is 11.8. The summed E-state index contributed by atoms with van der Waals surface area (Å²) in [6.45, 7) is 0. The molecule has 0 aliphatic carbocycles. The van der Waals surface area contributed by atoms with Crippen molar-refractivity contribution < 1.29 is 44.3 Å². The second-order valence-corrected chi connectivity index (χ2v) is 2.38. The zero-order valence-electron chi connectivity index (χ0n) is 6.81. The first kappa shape index (κ1) is 14.3. The summed E-state index contributed by atoms with van der Waals surface area (Å²) in [6, 6.07) is 0. The summed E-state index contributed by atoms with van der Waals surface area (Å²) in [5.41, 5.74) is -6.15. The van der Waals surface area contributed by atoms with Gasteiger partial charge in [0, 0.05) is 7.11 Å². The van der Waals surface area contributed by atoms with Crippen molar-refractivity contribution >= 4 is 0 Å². The Morgan fingerprint density at radius 3 is 0.800 bits per heavy atom. The minimum absolute atomic E-state index is 0.311. The zero-order valence-corrected chi connectivity index (χ0v) is 6.81. The molecule has 0 aromatic rings. The lowest BCUT2D eigenvalue weighted by atomic mass is 10.0. The largest absolute Gasteiger partial charge is 0.435 e. The van der Waals surface area contributed by atoms with E-state index in [1.807, 2.05) is 0 Å². The van der Waals surface area contributed by atoms with Crippen LogP contribution in [0.4, 0.5) is 39.5 Å². The molecule has 0 amide bonds. The van der Waals surface area contributed by atoms with Crippen molar-refractivity contribution in [2.75, 3.05) is 7.11 Å². The lowest BCUT2D eigenvalue weighted by molar-refractivity contribution is -0.452. The molecular weight excluding hydrogens is 247 g/mol. The average molecular weight is 250 g/mol. The van der Waals surface area contributed by atoms with Crippen molar-refractivity contribution in [3.8, 4) is 0 Å². The third-order valence-corrected chi connectivity index (χ3v) is 1.50. The molecule has 0 atom stereocenters. The van der Waals surface area contributed by atoms with E-state index in [0.717, 1.165) is 0 Å². The van der Waals surface area contributed by atoms with Gasteiger partial charge in [-0.1, -0.05) is 0 Å². The monoisotopic (exact) mass is 250 g/mol. The molecule has 0 unspecified atom stereocenters. The zero-order chi connectivity index (χ0) is 12.7. The first-order valence-corrected chi connectivity index (χ1v) is 3.06. The van der Waals surface area contributed by atoms with Crippen molar-refractivity contribution in [1.82, 2.24) is 0 Å². The maximum absolute atomic E-state index is 11.8.